The van der Waals surface area contributed by atoms with Gasteiger partial charge in [0.1, 0.15) is 0 Å². The van der Waals surface area contributed by atoms with E-state index < -0.39 is 0 Å². The van der Waals surface area contributed by atoms with Gasteiger partial charge in [0.2, 0.25) is 5.91 Å². The minimum atomic E-state index is 0.315. The predicted octanol–water partition coefficient (Wildman–Crippen LogP) is 1.63. The molecule has 0 bridgehead atoms. The monoisotopic (exact) mass is 212 g/mol. The predicted molar refractivity (Wildman–Crippen MR) is 62.8 cm³/mol. The summed E-state index contributed by atoms with van der Waals surface area (Å²) in [6.07, 6.45) is 5.30. The van der Waals surface area contributed by atoms with Gasteiger partial charge in [0.25, 0.3) is 0 Å². The van der Waals surface area contributed by atoms with E-state index in [-0.39, 0.29) is 0 Å². The molecule has 1 N–H and O–H groups in total. The first-order chi connectivity index (χ1) is 7.24. The van der Waals surface area contributed by atoms with E-state index in [1.54, 1.807) is 0 Å². The fourth-order valence-electron chi connectivity index (χ4n) is 2.00. The standard InChI is InChI=1S/C12H24N2O/c1-3-4-9-14(2)12(15)6-5-11-7-8-13-10-11/h11,13H,3-10H2,1-2H3. The Morgan fingerprint density at radius 3 is 2.93 bits per heavy atom. The summed E-state index contributed by atoms with van der Waals surface area (Å²) in [4.78, 5) is 13.6. The van der Waals surface area contributed by atoms with Crippen molar-refractivity contribution in [3.63, 3.8) is 0 Å². The summed E-state index contributed by atoms with van der Waals surface area (Å²) < 4.78 is 0. The average molecular weight is 212 g/mol. The fraction of sp³-hybridized carbons (Fsp3) is 0.917. The molecule has 1 fully saturated rings. The molecule has 1 heterocycles. The Labute approximate surface area is 93.2 Å². The molecule has 1 unspecified atom stereocenters. The molecule has 0 aromatic carbocycles. The van der Waals surface area contributed by atoms with Gasteiger partial charge in [-0.2, -0.15) is 0 Å². The lowest BCUT2D eigenvalue weighted by Crippen LogP contribution is -2.28. The van der Waals surface area contributed by atoms with Crippen LogP contribution in [0.3, 0.4) is 0 Å². The van der Waals surface area contributed by atoms with Crippen LogP contribution in [-0.2, 0) is 4.79 Å². The minimum absolute atomic E-state index is 0.315. The summed E-state index contributed by atoms with van der Waals surface area (Å²) in [5.41, 5.74) is 0. The molecule has 0 aromatic heterocycles. The molecule has 0 spiro atoms. The normalized spacial score (nSPS) is 20.5. The van der Waals surface area contributed by atoms with E-state index in [9.17, 15) is 4.79 Å². The molecular weight excluding hydrogens is 188 g/mol. The third-order valence-electron chi connectivity index (χ3n) is 3.20. The molecule has 0 saturated carbocycles. The van der Waals surface area contributed by atoms with Crippen LogP contribution in [0.15, 0.2) is 0 Å². The lowest BCUT2D eigenvalue weighted by Gasteiger charge is -2.17. The van der Waals surface area contributed by atoms with Crippen LogP contribution in [0.25, 0.3) is 0 Å². The van der Waals surface area contributed by atoms with Gasteiger partial charge in [-0.05, 0) is 38.3 Å². The van der Waals surface area contributed by atoms with Crippen LogP contribution >= 0.6 is 0 Å². The zero-order valence-electron chi connectivity index (χ0n) is 10.1. The van der Waals surface area contributed by atoms with Crippen molar-refractivity contribution >= 4 is 5.91 Å². The Bertz CT molecular complexity index is 188. The highest BCUT2D eigenvalue weighted by Crippen LogP contribution is 2.14. The van der Waals surface area contributed by atoms with Crippen molar-refractivity contribution in [2.24, 2.45) is 5.92 Å². The SMILES string of the molecule is CCCCN(C)C(=O)CCC1CCNC1. The molecule has 3 nitrogen and oxygen atoms in total. The maximum Gasteiger partial charge on any atom is 0.222 e. The Kier molecular flexibility index (Phi) is 5.69. The van der Waals surface area contributed by atoms with Gasteiger partial charge in [-0.1, -0.05) is 13.3 Å². The zero-order chi connectivity index (χ0) is 11.1. The Balaban J connectivity index is 2.11. The van der Waals surface area contributed by atoms with Crippen LogP contribution in [0.2, 0.25) is 0 Å². The van der Waals surface area contributed by atoms with Crippen LogP contribution in [0.4, 0.5) is 0 Å². The molecule has 0 radical (unpaired) electrons. The zero-order valence-corrected chi connectivity index (χ0v) is 10.1. The number of amides is 1. The van der Waals surface area contributed by atoms with Crippen molar-refractivity contribution in [2.45, 2.75) is 39.0 Å². The molecule has 0 aromatic rings. The molecule has 1 amide bonds. The number of carbonyl (C=O) groups excluding carboxylic acids is 1. The van der Waals surface area contributed by atoms with E-state index >= 15 is 0 Å². The number of rotatable bonds is 6. The third-order valence-corrected chi connectivity index (χ3v) is 3.20. The Morgan fingerprint density at radius 2 is 2.33 bits per heavy atom. The van der Waals surface area contributed by atoms with Gasteiger partial charge in [0.05, 0.1) is 0 Å². The quantitative estimate of drug-likeness (QED) is 0.726. The van der Waals surface area contributed by atoms with E-state index in [4.69, 9.17) is 0 Å². The van der Waals surface area contributed by atoms with Gasteiger partial charge in [-0.3, -0.25) is 4.79 Å². The second-order valence-electron chi connectivity index (χ2n) is 4.57. The van der Waals surface area contributed by atoms with Crippen LogP contribution in [0, 0.1) is 5.92 Å². The van der Waals surface area contributed by atoms with Crippen LogP contribution in [0.1, 0.15) is 39.0 Å². The summed E-state index contributed by atoms with van der Waals surface area (Å²) in [7, 11) is 1.92. The average Bonchev–Trinajstić information content (AvgIpc) is 2.75. The van der Waals surface area contributed by atoms with Crippen LogP contribution < -0.4 is 5.32 Å². The van der Waals surface area contributed by atoms with Gasteiger partial charge < -0.3 is 10.2 Å². The molecule has 1 atom stereocenters. The van der Waals surface area contributed by atoms with Gasteiger partial charge in [0.15, 0.2) is 0 Å². The highest BCUT2D eigenvalue weighted by molar-refractivity contribution is 5.75. The molecule has 3 heteroatoms. The molecule has 1 aliphatic heterocycles. The maximum absolute atomic E-state index is 11.7. The molecule has 88 valence electrons. The number of nitrogens with zero attached hydrogens (tertiary/aromatic N) is 1. The molecule has 15 heavy (non-hydrogen) atoms. The van der Waals surface area contributed by atoms with E-state index in [1.807, 2.05) is 11.9 Å². The number of unbranched alkanes of at least 4 members (excludes halogenated alkanes) is 1. The molecule has 0 aliphatic carbocycles. The highest BCUT2D eigenvalue weighted by Gasteiger charge is 2.16. The first-order valence-electron chi connectivity index (χ1n) is 6.18. The number of carbonyl (C=O) groups is 1. The maximum atomic E-state index is 11.7. The van der Waals surface area contributed by atoms with Crippen molar-refractivity contribution in [1.29, 1.82) is 0 Å². The second-order valence-corrected chi connectivity index (χ2v) is 4.57. The van der Waals surface area contributed by atoms with E-state index in [0.29, 0.717) is 5.91 Å². The van der Waals surface area contributed by atoms with Crippen molar-refractivity contribution < 1.29 is 4.79 Å². The second kappa shape index (κ2) is 6.83. The third kappa shape index (κ3) is 4.65. The first-order valence-corrected chi connectivity index (χ1v) is 6.18. The molecule has 1 saturated heterocycles. The van der Waals surface area contributed by atoms with Crippen molar-refractivity contribution in [3.05, 3.63) is 0 Å². The number of hydrogen-bond donors (Lipinski definition) is 1. The topological polar surface area (TPSA) is 32.3 Å². The number of hydrogen-bond acceptors (Lipinski definition) is 2. The van der Waals surface area contributed by atoms with Crippen LogP contribution in [0.5, 0.6) is 0 Å². The van der Waals surface area contributed by atoms with E-state index in [2.05, 4.69) is 12.2 Å². The summed E-state index contributed by atoms with van der Waals surface area (Å²) in [5, 5.41) is 3.33. The Morgan fingerprint density at radius 1 is 1.53 bits per heavy atom. The number of nitrogens with one attached hydrogen (secondary N) is 1. The largest absolute Gasteiger partial charge is 0.346 e. The fourth-order valence-corrected chi connectivity index (χ4v) is 2.00. The van der Waals surface area contributed by atoms with Gasteiger partial charge in [-0.25, -0.2) is 0 Å². The molecule has 1 rings (SSSR count). The summed E-state index contributed by atoms with van der Waals surface area (Å²) in [6, 6.07) is 0. The Hall–Kier alpha value is -0.570. The first kappa shape index (κ1) is 12.5. The van der Waals surface area contributed by atoms with E-state index in [1.165, 1.54) is 6.42 Å². The molecule has 1 aliphatic rings. The van der Waals surface area contributed by atoms with E-state index in [0.717, 1.165) is 51.2 Å². The minimum Gasteiger partial charge on any atom is -0.346 e. The van der Waals surface area contributed by atoms with Gasteiger partial charge in [-0.15, -0.1) is 0 Å². The van der Waals surface area contributed by atoms with Crippen LogP contribution in [-0.4, -0.2) is 37.5 Å². The molecular formula is C12H24N2O. The summed E-state index contributed by atoms with van der Waals surface area (Å²) >= 11 is 0. The lowest BCUT2D eigenvalue weighted by molar-refractivity contribution is -0.130. The smallest absolute Gasteiger partial charge is 0.222 e. The lowest BCUT2D eigenvalue weighted by atomic mass is 10.0. The highest BCUT2D eigenvalue weighted by atomic mass is 16.2. The summed E-state index contributed by atoms with van der Waals surface area (Å²) in [5.74, 6) is 1.05. The van der Waals surface area contributed by atoms with Crippen molar-refractivity contribution in [2.75, 3.05) is 26.7 Å². The summed E-state index contributed by atoms with van der Waals surface area (Å²) in [6.45, 7) is 5.30. The van der Waals surface area contributed by atoms with Gasteiger partial charge in [0, 0.05) is 20.0 Å². The van der Waals surface area contributed by atoms with Crippen molar-refractivity contribution in [1.82, 2.24) is 10.2 Å². The van der Waals surface area contributed by atoms with Crippen molar-refractivity contribution in [3.8, 4) is 0 Å². The van der Waals surface area contributed by atoms with Gasteiger partial charge >= 0.3 is 0 Å².